The van der Waals surface area contributed by atoms with Crippen molar-refractivity contribution in [1.29, 1.82) is 0 Å². The number of methoxy groups -OCH3 is 2. The molecule has 120 valence electrons. The normalized spacial score (nSPS) is 12.0. The molecule has 0 spiro atoms. The molecule has 1 aliphatic rings. The molecule has 0 unspecified atom stereocenters. The number of halogens is 1. The first-order valence-electron chi connectivity index (χ1n) is 6.75. The van der Waals surface area contributed by atoms with Crippen molar-refractivity contribution in [3.63, 3.8) is 0 Å². The van der Waals surface area contributed by atoms with E-state index in [1.165, 1.54) is 14.2 Å². The molecule has 0 saturated carbocycles. The molecule has 2 aromatic rings. The van der Waals surface area contributed by atoms with Crippen LogP contribution >= 0.6 is 11.6 Å². The standard InChI is InChI=1S/C16H14ClNO5/c1-20-13-7-14(21-2)11(6-10(13)17)18-16(19)9-3-4-12-15(5-9)23-8-22-12/h3-7H,8H2,1-2H3,(H,18,19). The Morgan fingerprint density at radius 1 is 1.09 bits per heavy atom. The number of hydrogen-bond donors (Lipinski definition) is 1. The molecule has 0 fully saturated rings. The highest BCUT2D eigenvalue weighted by molar-refractivity contribution is 6.32. The zero-order valence-corrected chi connectivity index (χ0v) is 13.3. The second-order valence-electron chi connectivity index (χ2n) is 4.71. The number of benzene rings is 2. The second kappa shape index (κ2) is 6.26. The van der Waals surface area contributed by atoms with Crippen molar-refractivity contribution < 1.29 is 23.7 Å². The Balaban J connectivity index is 1.86. The van der Waals surface area contributed by atoms with Crippen LogP contribution in [0, 0.1) is 0 Å². The Bertz CT molecular complexity index is 762. The fourth-order valence-electron chi connectivity index (χ4n) is 2.19. The predicted molar refractivity (Wildman–Crippen MR) is 85.1 cm³/mol. The number of hydrogen-bond acceptors (Lipinski definition) is 5. The topological polar surface area (TPSA) is 66.0 Å². The van der Waals surface area contributed by atoms with E-state index < -0.39 is 0 Å². The minimum absolute atomic E-state index is 0.155. The summed E-state index contributed by atoms with van der Waals surface area (Å²) in [6.45, 7) is 0.155. The molecular formula is C16H14ClNO5. The van der Waals surface area contributed by atoms with Crippen LogP contribution in [0.2, 0.25) is 5.02 Å². The third-order valence-corrected chi connectivity index (χ3v) is 3.65. The number of carbonyl (C=O) groups is 1. The maximum atomic E-state index is 12.4. The molecule has 0 aliphatic carbocycles. The summed E-state index contributed by atoms with van der Waals surface area (Å²) < 4.78 is 20.9. The van der Waals surface area contributed by atoms with E-state index in [0.29, 0.717) is 39.3 Å². The largest absolute Gasteiger partial charge is 0.495 e. The highest BCUT2D eigenvalue weighted by Crippen LogP contribution is 2.37. The maximum absolute atomic E-state index is 12.4. The van der Waals surface area contributed by atoms with Crippen LogP contribution < -0.4 is 24.3 Å². The number of ether oxygens (including phenoxy) is 4. The number of rotatable bonds is 4. The molecule has 23 heavy (non-hydrogen) atoms. The summed E-state index contributed by atoms with van der Waals surface area (Å²) >= 11 is 6.10. The van der Waals surface area contributed by atoms with E-state index >= 15 is 0 Å². The van der Waals surface area contributed by atoms with E-state index in [-0.39, 0.29) is 12.7 Å². The first-order valence-corrected chi connectivity index (χ1v) is 7.12. The van der Waals surface area contributed by atoms with Gasteiger partial charge < -0.3 is 24.3 Å². The third-order valence-electron chi connectivity index (χ3n) is 3.36. The Hall–Kier alpha value is -2.60. The smallest absolute Gasteiger partial charge is 0.255 e. The molecule has 6 nitrogen and oxygen atoms in total. The predicted octanol–water partition coefficient (Wildman–Crippen LogP) is 3.34. The van der Waals surface area contributed by atoms with Crippen molar-refractivity contribution in [3.8, 4) is 23.0 Å². The van der Waals surface area contributed by atoms with Crippen LogP contribution in [0.4, 0.5) is 5.69 Å². The van der Waals surface area contributed by atoms with Crippen LogP contribution in [-0.4, -0.2) is 26.9 Å². The Kier molecular flexibility index (Phi) is 4.16. The molecule has 0 aromatic heterocycles. The molecule has 0 radical (unpaired) electrons. The lowest BCUT2D eigenvalue weighted by molar-refractivity contribution is 0.102. The molecule has 1 amide bonds. The van der Waals surface area contributed by atoms with Gasteiger partial charge in [0.2, 0.25) is 6.79 Å². The summed E-state index contributed by atoms with van der Waals surface area (Å²) in [7, 11) is 3.00. The highest BCUT2D eigenvalue weighted by Gasteiger charge is 2.18. The van der Waals surface area contributed by atoms with Gasteiger partial charge in [0.1, 0.15) is 11.5 Å². The van der Waals surface area contributed by atoms with Gasteiger partial charge in [-0.2, -0.15) is 0 Å². The molecule has 1 heterocycles. The van der Waals surface area contributed by atoms with Crippen LogP contribution in [-0.2, 0) is 0 Å². The Morgan fingerprint density at radius 2 is 1.83 bits per heavy atom. The van der Waals surface area contributed by atoms with Gasteiger partial charge in [0, 0.05) is 11.6 Å². The SMILES string of the molecule is COc1cc(OC)c(NC(=O)c2ccc3c(c2)OCO3)cc1Cl. The minimum atomic E-state index is -0.317. The fourth-order valence-corrected chi connectivity index (χ4v) is 2.43. The van der Waals surface area contributed by atoms with Crippen LogP contribution in [0.5, 0.6) is 23.0 Å². The number of anilines is 1. The van der Waals surface area contributed by atoms with E-state index in [1.54, 1.807) is 30.3 Å². The maximum Gasteiger partial charge on any atom is 0.255 e. The Labute approximate surface area is 137 Å². The molecule has 7 heteroatoms. The van der Waals surface area contributed by atoms with Crippen molar-refractivity contribution in [1.82, 2.24) is 0 Å². The van der Waals surface area contributed by atoms with Gasteiger partial charge in [-0.25, -0.2) is 0 Å². The van der Waals surface area contributed by atoms with Gasteiger partial charge in [-0.3, -0.25) is 4.79 Å². The van der Waals surface area contributed by atoms with Crippen molar-refractivity contribution in [2.75, 3.05) is 26.3 Å². The molecule has 3 rings (SSSR count). The van der Waals surface area contributed by atoms with E-state index in [0.717, 1.165) is 0 Å². The van der Waals surface area contributed by atoms with Crippen molar-refractivity contribution >= 4 is 23.2 Å². The molecule has 1 aliphatic heterocycles. The van der Waals surface area contributed by atoms with Crippen LogP contribution in [0.15, 0.2) is 30.3 Å². The van der Waals surface area contributed by atoms with E-state index in [2.05, 4.69) is 5.32 Å². The molecule has 1 N–H and O–H groups in total. The average molecular weight is 336 g/mol. The lowest BCUT2D eigenvalue weighted by atomic mass is 10.1. The summed E-state index contributed by atoms with van der Waals surface area (Å²) in [6, 6.07) is 8.15. The van der Waals surface area contributed by atoms with Gasteiger partial charge in [-0.05, 0) is 24.3 Å². The van der Waals surface area contributed by atoms with Crippen molar-refractivity contribution in [3.05, 3.63) is 40.9 Å². The number of nitrogens with one attached hydrogen (secondary N) is 1. The highest BCUT2D eigenvalue weighted by atomic mass is 35.5. The molecule has 0 saturated heterocycles. The van der Waals surface area contributed by atoms with Gasteiger partial charge in [0.05, 0.1) is 24.9 Å². The number of carbonyl (C=O) groups excluding carboxylic acids is 1. The molecule has 0 bridgehead atoms. The average Bonchev–Trinajstić information content (AvgIpc) is 3.02. The lowest BCUT2D eigenvalue weighted by Gasteiger charge is -2.13. The van der Waals surface area contributed by atoms with Gasteiger partial charge in [-0.1, -0.05) is 11.6 Å². The van der Waals surface area contributed by atoms with Crippen molar-refractivity contribution in [2.45, 2.75) is 0 Å². The summed E-state index contributed by atoms with van der Waals surface area (Å²) in [5.74, 6) is 1.75. The van der Waals surface area contributed by atoms with Gasteiger partial charge in [0.15, 0.2) is 11.5 Å². The van der Waals surface area contributed by atoms with Gasteiger partial charge >= 0.3 is 0 Å². The number of amides is 1. The summed E-state index contributed by atoms with van der Waals surface area (Å²) in [6.07, 6.45) is 0. The van der Waals surface area contributed by atoms with E-state index in [9.17, 15) is 4.79 Å². The lowest BCUT2D eigenvalue weighted by Crippen LogP contribution is -2.12. The number of fused-ring (bicyclic) bond motifs is 1. The molecule has 2 aromatic carbocycles. The van der Waals surface area contributed by atoms with Gasteiger partial charge in [0.25, 0.3) is 5.91 Å². The first-order chi connectivity index (χ1) is 11.1. The Morgan fingerprint density at radius 3 is 2.57 bits per heavy atom. The van der Waals surface area contributed by atoms with Crippen LogP contribution in [0.1, 0.15) is 10.4 Å². The van der Waals surface area contributed by atoms with Crippen LogP contribution in [0.3, 0.4) is 0 Å². The summed E-state index contributed by atoms with van der Waals surface area (Å²) in [5, 5.41) is 3.13. The van der Waals surface area contributed by atoms with E-state index in [4.69, 9.17) is 30.5 Å². The monoisotopic (exact) mass is 335 g/mol. The zero-order valence-electron chi connectivity index (χ0n) is 12.5. The van der Waals surface area contributed by atoms with Crippen LogP contribution in [0.25, 0.3) is 0 Å². The first kappa shape index (κ1) is 15.3. The summed E-state index contributed by atoms with van der Waals surface area (Å²) in [4.78, 5) is 12.4. The van der Waals surface area contributed by atoms with Gasteiger partial charge in [-0.15, -0.1) is 0 Å². The third kappa shape index (κ3) is 2.98. The van der Waals surface area contributed by atoms with Crippen molar-refractivity contribution in [2.24, 2.45) is 0 Å². The second-order valence-corrected chi connectivity index (χ2v) is 5.12. The summed E-state index contributed by atoms with van der Waals surface area (Å²) in [5.41, 5.74) is 0.879. The van der Waals surface area contributed by atoms with E-state index in [1.807, 2.05) is 0 Å². The zero-order chi connectivity index (χ0) is 16.4. The molecule has 0 atom stereocenters. The molecular weight excluding hydrogens is 322 g/mol. The fraction of sp³-hybridized carbons (Fsp3) is 0.188. The minimum Gasteiger partial charge on any atom is -0.495 e. The quantitative estimate of drug-likeness (QED) is 0.928.